The summed E-state index contributed by atoms with van der Waals surface area (Å²) in [5.74, 6) is 0.115. The van der Waals surface area contributed by atoms with Crippen molar-refractivity contribution < 1.29 is 23.5 Å². The summed E-state index contributed by atoms with van der Waals surface area (Å²) < 4.78 is 26.0. The number of likely N-dealkylation sites (tertiary alicyclic amines) is 1. The molecule has 52 heavy (non-hydrogen) atoms. The van der Waals surface area contributed by atoms with E-state index in [9.17, 15) is 14.0 Å². The van der Waals surface area contributed by atoms with Crippen molar-refractivity contribution in [1.82, 2.24) is 20.0 Å². The zero-order valence-corrected chi connectivity index (χ0v) is 30.6. The van der Waals surface area contributed by atoms with Crippen molar-refractivity contribution in [3.05, 3.63) is 125 Å². The maximum atomic E-state index is 14.8. The first-order valence-electron chi connectivity index (χ1n) is 18.3. The molecule has 8 nitrogen and oxygen atoms in total. The number of amides is 2. The van der Waals surface area contributed by atoms with Crippen LogP contribution >= 0.6 is 11.6 Å². The van der Waals surface area contributed by atoms with Crippen LogP contribution in [0, 0.1) is 11.7 Å². The lowest BCUT2D eigenvalue weighted by Gasteiger charge is -2.40. The molecule has 0 radical (unpaired) electrons. The highest BCUT2D eigenvalue weighted by molar-refractivity contribution is 6.31. The van der Waals surface area contributed by atoms with Crippen LogP contribution in [0.2, 0.25) is 5.02 Å². The van der Waals surface area contributed by atoms with Gasteiger partial charge >= 0.3 is 6.09 Å². The Morgan fingerprint density at radius 1 is 0.827 bits per heavy atom. The number of hydrogen-bond donors (Lipinski definition) is 1. The molecular weight excluding hydrogens is 679 g/mol. The van der Waals surface area contributed by atoms with E-state index in [1.165, 1.54) is 6.07 Å². The highest BCUT2D eigenvalue weighted by Gasteiger charge is 2.37. The molecule has 0 spiro atoms. The van der Waals surface area contributed by atoms with Crippen molar-refractivity contribution in [3.63, 3.8) is 0 Å². The number of benzene rings is 4. The van der Waals surface area contributed by atoms with Crippen LogP contribution in [0.5, 0.6) is 5.75 Å². The number of nitrogens with one attached hydrogen (secondary N) is 1. The van der Waals surface area contributed by atoms with Crippen molar-refractivity contribution in [3.8, 4) is 16.9 Å². The molecule has 2 fully saturated rings. The van der Waals surface area contributed by atoms with Gasteiger partial charge in [0.1, 0.15) is 24.2 Å². The number of piperazine rings is 1. The topological polar surface area (TPSA) is 74.3 Å². The fourth-order valence-electron chi connectivity index (χ4n) is 7.28. The van der Waals surface area contributed by atoms with Crippen molar-refractivity contribution in [2.45, 2.75) is 45.4 Å². The van der Waals surface area contributed by atoms with Crippen LogP contribution in [0.4, 0.5) is 9.18 Å². The Bertz CT molecular complexity index is 1760. The smallest absolute Gasteiger partial charge is 0.408 e. The number of hydrogen-bond acceptors (Lipinski definition) is 6. The predicted octanol–water partition coefficient (Wildman–Crippen LogP) is 7.44. The Hall–Kier alpha value is -4.44. The Labute approximate surface area is 311 Å². The molecule has 4 aromatic rings. The maximum absolute atomic E-state index is 14.8. The summed E-state index contributed by atoms with van der Waals surface area (Å²) in [5.41, 5.74) is 4.84. The molecule has 10 heteroatoms. The summed E-state index contributed by atoms with van der Waals surface area (Å²) in [6.45, 7) is 7.45. The molecule has 0 unspecified atom stereocenters. The summed E-state index contributed by atoms with van der Waals surface area (Å²) in [7, 11) is 0. The molecule has 6 rings (SSSR count). The Balaban J connectivity index is 1.08. The quantitative estimate of drug-likeness (QED) is 0.155. The number of ether oxygens (including phenoxy) is 2. The minimum Gasteiger partial charge on any atom is -0.493 e. The normalized spacial score (nSPS) is 16.3. The van der Waals surface area contributed by atoms with Gasteiger partial charge < -0.3 is 24.6 Å². The lowest BCUT2D eigenvalue weighted by atomic mass is 9.88. The minimum absolute atomic E-state index is 0.0431. The average Bonchev–Trinajstić information content (AvgIpc) is 3.18. The van der Waals surface area contributed by atoms with E-state index >= 15 is 0 Å². The van der Waals surface area contributed by atoms with Gasteiger partial charge in [-0.15, -0.1) is 0 Å². The van der Waals surface area contributed by atoms with Gasteiger partial charge in [0.05, 0.1) is 6.61 Å². The lowest BCUT2D eigenvalue weighted by molar-refractivity contribution is -0.137. The number of rotatable bonds is 13. The van der Waals surface area contributed by atoms with Crippen LogP contribution in [-0.2, 0) is 29.1 Å². The number of halogens is 2. The van der Waals surface area contributed by atoms with E-state index in [1.807, 2.05) is 72.5 Å². The molecule has 1 N–H and O–H groups in total. The first-order valence-corrected chi connectivity index (χ1v) is 18.7. The molecule has 2 aliphatic heterocycles. The second-order valence-electron chi connectivity index (χ2n) is 13.5. The van der Waals surface area contributed by atoms with Gasteiger partial charge in [-0.3, -0.25) is 9.69 Å². The average molecular weight is 727 g/mol. The van der Waals surface area contributed by atoms with Crippen molar-refractivity contribution in [2.24, 2.45) is 5.92 Å². The Morgan fingerprint density at radius 3 is 2.23 bits per heavy atom. The SMILES string of the molecule is CCOc1cccc(F)c1CN1CCN(C(=O)[C@H](NC(=O)OCc2ccccc2)C2CCN(CCc3c(Cl)cccc3-c3ccccc3)CC2)CC1. The molecule has 4 aromatic carbocycles. The van der Waals surface area contributed by atoms with Gasteiger partial charge in [0.15, 0.2) is 0 Å². The fraction of sp³-hybridized carbons (Fsp3) is 0.381. The summed E-state index contributed by atoms with van der Waals surface area (Å²) >= 11 is 6.72. The number of alkyl carbamates (subject to hydrolysis) is 1. The first kappa shape index (κ1) is 37.3. The summed E-state index contributed by atoms with van der Waals surface area (Å²) in [5, 5.41) is 3.74. The molecule has 2 heterocycles. The van der Waals surface area contributed by atoms with Crippen LogP contribution in [0.3, 0.4) is 0 Å². The third-order valence-corrected chi connectivity index (χ3v) is 10.5. The highest BCUT2D eigenvalue weighted by atomic mass is 35.5. The van der Waals surface area contributed by atoms with E-state index in [1.54, 1.807) is 12.1 Å². The van der Waals surface area contributed by atoms with Crippen LogP contribution in [-0.4, -0.2) is 85.2 Å². The number of carbonyl (C=O) groups excluding carboxylic acids is 2. The van der Waals surface area contributed by atoms with Crippen LogP contribution in [0.1, 0.15) is 36.5 Å². The highest BCUT2D eigenvalue weighted by Crippen LogP contribution is 2.31. The fourth-order valence-corrected chi connectivity index (χ4v) is 7.55. The Kier molecular flexibility index (Phi) is 13.2. The van der Waals surface area contributed by atoms with Gasteiger partial charge in [-0.2, -0.15) is 0 Å². The molecule has 1 atom stereocenters. The zero-order chi connectivity index (χ0) is 36.3. The second-order valence-corrected chi connectivity index (χ2v) is 13.9. The summed E-state index contributed by atoms with van der Waals surface area (Å²) in [6, 6.07) is 30.1. The van der Waals surface area contributed by atoms with E-state index in [0.29, 0.717) is 50.6 Å². The third-order valence-electron chi connectivity index (χ3n) is 10.2. The first-order chi connectivity index (χ1) is 25.4. The number of nitrogens with zero attached hydrogens (tertiary/aromatic N) is 3. The number of carbonyl (C=O) groups is 2. The van der Waals surface area contributed by atoms with Crippen molar-refractivity contribution in [1.29, 1.82) is 0 Å². The van der Waals surface area contributed by atoms with Gasteiger partial charge in [-0.1, -0.05) is 90.5 Å². The third kappa shape index (κ3) is 9.70. The lowest BCUT2D eigenvalue weighted by Crippen LogP contribution is -2.58. The van der Waals surface area contributed by atoms with Gasteiger partial charge in [-0.05, 0) is 85.6 Å². The van der Waals surface area contributed by atoms with Crippen LogP contribution in [0.15, 0.2) is 97.1 Å². The number of piperidine rings is 1. The summed E-state index contributed by atoms with van der Waals surface area (Å²) in [4.78, 5) is 33.7. The minimum atomic E-state index is -0.707. The van der Waals surface area contributed by atoms with Gasteiger partial charge in [0, 0.05) is 49.9 Å². The van der Waals surface area contributed by atoms with Gasteiger partial charge in [-0.25, -0.2) is 9.18 Å². The molecule has 2 saturated heterocycles. The molecule has 0 aliphatic carbocycles. The van der Waals surface area contributed by atoms with E-state index in [4.69, 9.17) is 21.1 Å². The second kappa shape index (κ2) is 18.4. The standard InChI is InChI=1S/C42H48ClFN4O4/c1-2-51-39-18-10-17-38(44)36(39)29-47-25-27-48(28-26-47)41(49)40(45-42(50)52-30-31-11-5-3-6-12-31)33-19-22-46(23-20-33)24-21-35-34(15-9-16-37(35)43)32-13-7-4-8-14-32/h3-18,33,40H,2,19-30H2,1H3,(H,45,50)/t40-/m1/s1. The molecule has 274 valence electrons. The van der Waals surface area contributed by atoms with Crippen LogP contribution in [0.25, 0.3) is 11.1 Å². The van der Waals surface area contributed by atoms with E-state index in [2.05, 4.69) is 33.3 Å². The van der Waals surface area contributed by atoms with Crippen molar-refractivity contribution in [2.75, 3.05) is 52.4 Å². The predicted molar refractivity (Wildman–Crippen MR) is 203 cm³/mol. The molecule has 0 aromatic heterocycles. The van der Waals surface area contributed by atoms with Gasteiger partial charge in [0.2, 0.25) is 5.91 Å². The van der Waals surface area contributed by atoms with Crippen LogP contribution < -0.4 is 10.1 Å². The van der Waals surface area contributed by atoms with E-state index in [0.717, 1.165) is 66.2 Å². The van der Waals surface area contributed by atoms with E-state index in [-0.39, 0.29) is 24.2 Å². The Morgan fingerprint density at radius 2 is 1.52 bits per heavy atom. The molecule has 0 bridgehead atoms. The molecular formula is C42H48ClFN4O4. The molecule has 0 saturated carbocycles. The van der Waals surface area contributed by atoms with E-state index < -0.39 is 12.1 Å². The molecule has 2 aliphatic rings. The summed E-state index contributed by atoms with van der Waals surface area (Å²) in [6.07, 6.45) is 1.73. The maximum Gasteiger partial charge on any atom is 0.408 e. The van der Waals surface area contributed by atoms with Crippen molar-refractivity contribution >= 4 is 23.6 Å². The largest absolute Gasteiger partial charge is 0.493 e. The zero-order valence-electron chi connectivity index (χ0n) is 29.8. The monoisotopic (exact) mass is 726 g/mol. The molecule has 2 amide bonds. The van der Waals surface area contributed by atoms with Gasteiger partial charge in [0.25, 0.3) is 0 Å².